The molecule has 0 bridgehead atoms. The van der Waals surface area contributed by atoms with Gasteiger partial charge in [0.25, 0.3) is 0 Å². The highest BCUT2D eigenvalue weighted by Gasteiger charge is 2.35. The highest BCUT2D eigenvalue weighted by atomic mass is 16.6. The average Bonchev–Trinajstić information content (AvgIpc) is 2.52. The summed E-state index contributed by atoms with van der Waals surface area (Å²) in [5, 5.41) is 0. The summed E-state index contributed by atoms with van der Waals surface area (Å²) in [7, 11) is 3.93. The molecule has 0 saturated carbocycles. The molecule has 6 heteroatoms. The molecule has 2 atom stereocenters. The number of ether oxygens (including phenoxy) is 3. The van der Waals surface area contributed by atoms with Gasteiger partial charge in [0, 0.05) is 38.9 Å². The second-order valence-electron chi connectivity index (χ2n) is 7.57. The summed E-state index contributed by atoms with van der Waals surface area (Å²) in [5.74, 6) is 0. The average molecular weight is 328 g/mol. The Labute approximate surface area is 140 Å². The van der Waals surface area contributed by atoms with E-state index in [-0.39, 0.29) is 12.2 Å². The lowest BCUT2D eigenvalue weighted by molar-refractivity contribution is -0.0897. The van der Waals surface area contributed by atoms with Crippen LogP contribution >= 0.6 is 0 Å². The first-order chi connectivity index (χ1) is 10.8. The quantitative estimate of drug-likeness (QED) is 0.794. The van der Waals surface area contributed by atoms with Crippen molar-refractivity contribution < 1.29 is 19.0 Å². The summed E-state index contributed by atoms with van der Waals surface area (Å²) in [5.41, 5.74) is -0.432. The summed E-state index contributed by atoms with van der Waals surface area (Å²) in [4.78, 5) is 16.4. The van der Waals surface area contributed by atoms with E-state index in [0.717, 1.165) is 39.0 Å². The van der Waals surface area contributed by atoms with Crippen LogP contribution in [0.1, 0.15) is 40.0 Å². The van der Waals surface area contributed by atoms with Crippen molar-refractivity contribution in [1.82, 2.24) is 9.80 Å². The van der Waals surface area contributed by atoms with Gasteiger partial charge in [-0.3, -0.25) is 4.90 Å². The Hall–Kier alpha value is -0.850. The van der Waals surface area contributed by atoms with Crippen molar-refractivity contribution in [3.05, 3.63) is 0 Å². The van der Waals surface area contributed by atoms with Crippen molar-refractivity contribution in [3.8, 4) is 0 Å². The van der Waals surface area contributed by atoms with E-state index in [9.17, 15) is 4.79 Å². The number of amides is 1. The molecule has 0 aromatic rings. The van der Waals surface area contributed by atoms with Crippen molar-refractivity contribution in [2.24, 2.45) is 0 Å². The maximum atomic E-state index is 12.1. The van der Waals surface area contributed by atoms with E-state index >= 15 is 0 Å². The van der Waals surface area contributed by atoms with Crippen LogP contribution in [0.3, 0.4) is 0 Å². The Bertz CT molecular complexity index is 389. The van der Waals surface area contributed by atoms with Gasteiger partial charge in [-0.2, -0.15) is 0 Å². The van der Waals surface area contributed by atoms with Gasteiger partial charge < -0.3 is 19.1 Å². The molecule has 134 valence electrons. The maximum Gasteiger partial charge on any atom is 0.410 e. The predicted molar refractivity (Wildman–Crippen MR) is 88.6 cm³/mol. The molecular weight excluding hydrogens is 296 g/mol. The summed E-state index contributed by atoms with van der Waals surface area (Å²) in [6.07, 6.45) is 2.89. The lowest BCUT2D eigenvalue weighted by atomic mass is 9.97. The number of nitrogens with zero attached hydrogens (tertiary/aromatic N) is 2. The minimum atomic E-state index is -0.432. The Balaban J connectivity index is 1.84. The van der Waals surface area contributed by atoms with Crippen LogP contribution in [0.2, 0.25) is 0 Å². The molecule has 0 aromatic carbocycles. The first-order valence-corrected chi connectivity index (χ1v) is 8.62. The number of piperidine rings is 1. The Morgan fingerprint density at radius 2 is 1.87 bits per heavy atom. The largest absolute Gasteiger partial charge is 0.444 e. The van der Waals surface area contributed by atoms with E-state index in [0.29, 0.717) is 18.7 Å². The van der Waals surface area contributed by atoms with E-state index in [2.05, 4.69) is 11.9 Å². The normalized spacial score (nSPS) is 27.3. The molecule has 2 aliphatic rings. The number of likely N-dealkylation sites (tertiary alicyclic amines) is 1. The molecule has 0 aromatic heterocycles. The van der Waals surface area contributed by atoms with E-state index in [1.807, 2.05) is 25.7 Å². The fourth-order valence-corrected chi connectivity index (χ4v) is 3.44. The third kappa shape index (κ3) is 5.06. The predicted octanol–water partition coefficient (Wildman–Crippen LogP) is 2.12. The van der Waals surface area contributed by atoms with Gasteiger partial charge in [-0.15, -0.1) is 0 Å². The Morgan fingerprint density at radius 3 is 2.43 bits per heavy atom. The molecular formula is C17H32N2O4. The molecule has 2 fully saturated rings. The van der Waals surface area contributed by atoms with Crippen LogP contribution in [0.15, 0.2) is 0 Å². The van der Waals surface area contributed by atoms with Gasteiger partial charge in [0.1, 0.15) is 5.60 Å². The van der Waals surface area contributed by atoms with Crippen LogP contribution in [0.25, 0.3) is 0 Å². The van der Waals surface area contributed by atoms with Crippen molar-refractivity contribution in [1.29, 1.82) is 0 Å². The van der Waals surface area contributed by atoms with E-state index in [4.69, 9.17) is 14.2 Å². The lowest BCUT2D eigenvalue weighted by Gasteiger charge is -2.44. The van der Waals surface area contributed by atoms with Crippen LogP contribution in [-0.2, 0) is 14.2 Å². The molecule has 6 nitrogen and oxygen atoms in total. The summed E-state index contributed by atoms with van der Waals surface area (Å²) in [6.45, 7) is 8.69. The van der Waals surface area contributed by atoms with E-state index in [1.165, 1.54) is 0 Å². The Morgan fingerprint density at radius 1 is 1.22 bits per heavy atom. The topological polar surface area (TPSA) is 51.2 Å². The fourth-order valence-electron chi connectivity index (χ4n) is 3.44. The smallest absolute Gasteiger partial charge is 0.410 e. The highest BCUT2D eigenvalue weighted by Crippen LogP contribution is 2.24. The lowest BCUT2D eigenvalue weighted by Crippen LogP contribution is -2.55. The number of hydrogen-bond donors (Lipinski definition) is 0. The van der Waals surface area contributed by atoms with E-state index < -0.39 is 5.60 Å². The monoisotopic (exact) mass is 328 g/mol. The number of hydrogen-bond acceptors (Lipinski definition) is 5. The molecule has 1 amide bonds. The van der Waals surface area contributed by atoms with Crippen LogP contribution in [0.5, 0.6) is 0 Å². The minimum absolute atomic E-state index is 0.137. The SMILES string of the molecule is COC1COCCC1N(C)C1CCN(C(=O)OC(C)(C)C)CC1. The molecule has 2 rings (SSSR count). The standard InChI is InChI=1S/C17H32N2O4/c1-17(2,3)23-16(20)19-9-6-13(7-10-19)18(4)14-8-11-22-12-15(14)21-5/h13-15H,6-12H2,1-5H3. The zero-order valence-corrected chi connectivity index (χ0v) is 15.2. The van der Waals surface area contributed by atoms with Gasteiger partial charge in [0.05, 0.1) is 12.7 Å². The highest BCUT2D eigenvalue weighted by molar-refractivity contribution is 5.68. The number of carbonyl (C=O) groups is 1. The molecule has 2 aliphatic heterocycles. The zero-order valence-electron chi connectivity index (χ0n) is 15.2. The minimum Gasteiger partial charge on any atom is -0.444 e. The van der Waals surface area contributed by atoms with Crippen LogP contribution in [-0.4, -0.2) is 80.1 Å². The van der Waals surface area contributed by atoms with Gasteiger partial charge in [-0.1, -0.05) is 0 Å². The van der Waals surface area contributed by atoms with Crippen LogP contribution < -0.4 is 0 Å². The number of likely N-dealkylation sites (N-methyl/N-ethyl adjacent to an activating group) is 1. The third-order valence-electron chi connectivity index (χ3n) is 4.79. The second-order valence-corrected chi connectivity index (χ2v) is 7.57. The molecule has 0 aliphatic carbocycles. The van der Waals surface area contributed by atoms with Crippen LogP contribution in [0, 0.1) is 0 Å². The third-order valence-corrected chi connectivity index (χ3v) is 4.79. The van der Waals surface area contributed by atoms with Crippen molar-refractivity contribution in [2.45, 2.75) is 63.8 Å². The number of rotatable bonds is 3. The van der Waals surface area contributed by atoms with Gasteiger partial charge in [0.2, 0.25) is 0 Å². The number of methoxy groups -OCH3 is 1. The van der Waals surface area contributed by atoms with Gasteiger partial charge in [-0.25, -0.2) is 4.79 Å². The summed E-state index contributed by atoms with van der Waals surface area (Å²) < 4.78 is 16.6. The first kappa shape index (κ1) is 18.5. The molecule has 2 heterocycles. The second kappa shape index (κ2) is 7.81. The van der Waals surface area contributed by atoms with Crippen LogP contribution in [0.4, 0.5) is 4.79 Å². The zero-order chi connectivity index (χ0) is 17.0. The molecule has 2 saturated heterocycles. The first-order valence-electron chi connectivity index (χ1n) is 8.62. The molecule has 23 heavy (non-hydrogen) atoms. The van der Waals surface area contributed by atoms with Gasteiger partial charge in [-0.05, 0) is 47.1 Å². The molecule has 0 spiro atoms. The molecule has 0 N–H and O–H groups in total. The van der Waals surface area contributed by atoms with Crippen molar-refractivity contribution in [3.63, 3.8) is 0 Å². The molecule has 2 unspecified atom stereocenters. The van der Waals surface area contributed by atoms with Gasteiger partial charge >= 0.3 is 6.09 Å². The maximum absolute atomic E-state index is 12.1. The van der Waals surface area contributed by atoms with E-state index in [1.54, 1.807) is 7.11 Å². The van der Waals surface area contributed by atoms with Crippen molar-refractivity contribution >= 4 is 6.09 Å². The fraction of sp³-hybridized carbons (Fsp3) is 0.941. The summed E-state index contributed by atoms with van der Waals surface area (Å²) >= 11 is 0. The summed E-state index contributed by atoms with van der Waals surface area (Å²) in [6, 6.07) is 0.876. The van der Waals surface area contributed by atoms with Crippen molar-refractivity contribution in [2.75, 3.05) is 40.5 Å². The Kier molecular flexibility index (Phi) is 6.28. The number of carbonyl (C=O) groups excluding carboxylic acids is 1. The molecule has 0 radical (unpaired) electrons. The van der Waals surface area contributed by atoms with Gasteiger partial charge in [0.15, 0.2) is 0 Å².